The molecule has 3 rings (SSSR count). The van der Waals surface area contributed by atoms with Gasteiger partial charge in [-0.1, -0.05) is 63.2 Å². The zero-order valence-corrected chi connectivity index (χ0v) is 17.3. The first-order valence-electron chi connectivity index (χ1n) is 9.95. The number of aromatic nitrogens is 3. The summed E-state index contributed by atoms with van der Waals surface area (Å²) in [7, 11) is 0. The summed E-state index contributed by atoms with van der Waals surface area (Å²) >= 11 is 0. The van der Waals surface area contributed by atoms with E-state index in [2.05, 4.69) is 10.1 Å². The Hall–Kier alpha value is -3.09. The van der Waals surface area contributed by atoms with Gasteiger partial charge in [-0.25, -0.2) is 14.5 Å². The van der Waals surface area contributed by atoms with Crippen LogP contribution in [-0.4, -0.2) is 25.8 Å². The van der Waals surface area contributed by atoms with Crippen LogP contribution in [0.2, 0.25) is 0 Å². The third-order valence-electron chi connectivity index (χ3n) is 4.84. The molecule has 0 aliphatic carbocycles. The van der Waals surface area contributed by atoms with Gasteiger partial charge in [-0.2, -0.15) is 8.78 Å². The number of alkyl halides is 2. The minimum absolute atomic E-state index is 0.230. The molecule has 0 amide bonds. The molecule has 1 heterocycles. The number of benzene rings is 2. The van der Waals surface area contributed by atoms with Gasteiger partial charge in [-0.05, 0) is 28.7 Å². The third-order valence-corrected chi connectivity index (χ3v) is 4.84. The van der Waals surface area contributed by atoms with E-state index in [-0.39, 0.29) is 17.9 Å². The van der Waals surface area contributed by atoms with Crippen molar-refractivity contribution in [3.63, 3.8) is 0 Å². The first-order chi connectivity index (χ1) is 14.2. The molecule has 0 radical (unpaired) electrons. The molecular weight excluding hydrogens is 388 g/mol. The summed E-state index contributed by atoms with van der Waals surface area (Å²) in [4.78, 5) is 15.6. The number of nitrogens with zero attached hydrogens (tertiary/aromatic N) is 3. The van der Waals surface area contributed by atoms with Crippen LogP contribution in [0.3, 0.4) is 0 Å². The van der Waals surface area contributed by atoms with Crippen LogP contribution in [0.15, 0.2) is 48.5 Å². The maximum absolute atomic E-state index is 14.1. The molecule has 2 aromatic carbocycles. The van der Waals surface area contributed by atoms with E-state index in [4.69, 9.17) is 0 Å². The second kappa shape index (κ2) is 8.73. The second-order valence-electron chi connectivity index (χ2n) is 7.71. The molecule has 1 aromatic heterocycles. The van der Waals surface area contributed by atoms with E-state index in [1.165, 1.54) is 6.92 Å². The lowest BCUT2D eigenvalue weighted by atomic mass is 9.98. The Bertz CT molecular complexity index is 1030. The minimum Gasteiger partial charge on any atom is -0.478 e. The van der Waals surface area contributed by atoms with Gasteiger partial charge in [0.25, 0.3) is 0 Å². The molecule has 7 heteroatoms. The highest BCUT2D eigenvalue weighted by Crippen LogP contribution is 2.29. The molecule has 0 saturated carbocycles. The van der Waals surface area contributed by atoms with Crippen LogP contribution >= 0.6 is 0 Å². The summed E-state index contributed by atoms with van der Waals surface area (Å²) in [6.07, 6.45) is 0.0101. The normalized spacial score (nSPS) is 11.8. The summed E-state index contributed by atoms with van der Waals surface area (Å²) in [5, 5.41) is 13.5. The standard InChI is InChI=1S/C23H25F2N3O2/c1-4-23(24,25)22-26-20(28(27-22)14-15(2)3)13-16-9-11-17(12-10-16)18-7-5-6-8-19(18)21(29)30/h5-12,15H,4,13-14H2,1-3H3,(H,29,30). The van der Waals surface area contributed by atoms with Crippen LogP contribution < -0.4 is 0 Å². The van der Waals surface area contributed by atoms with E-state index in [0.29, 0.717) is 24.4 Å². The van der Waals surface area contributed by atoms with E-state index in [0.717, 1.165) is 11.1 Å². The Morgan fingerprint density at radius 1 is 1.13 bits per heavy atom. The number of carboxylic acid groups (broad SMARTS) is 1. The highest BCUT2D eigenvalue weighted by Gasteiger charge is 2.35. The lowest BCUT2D eigenvalue weighted by molar-refractivity contribution is -0.0178. The predicted octanol–water partition coefficient (Wildman–Crippen LogP) is 5.39. The summed E-state index contributed by atoms with van der Waals surface area (Å²) in [5.41, 5.74) is 2.52. The van der Waals surface area contributed by atoms with Crippen LogP contribution in [0.5, 0.6) is 0 Å². The summed E-state index contributed by atoms with van der Waals surface area (Å²) < 4.78 is 29.8. The molecule has 0 unspecified atom stereocenters. The van der Waals surface area contributed by atoms with E-state index < -0.39 is 17.7 Å². The first-order valence-corrected chi connectivity index (χ1v) is 9.95. The Labute approximate surface area is 174 Å². The maximum atomic E-state index is 14.1. The molecular formula is C23H25F2N3O2. The average Bonchev–Trinajstić information content (AvgIpc) is 3.11. The molecule has 0 aliphatic heterocycles. The van der Waals surface area contributed by atoms with Crippen molar-refractivity contribution in [1.82, 2.24) is 14.8 Å². The number of rotatable bonds is 8. The van der Waals surface area contributed by atoms with E-state index in [1.54, 1.807) is 28.9 Å². The minimum atomic E-state index is -3.05. The maximum Gasteiger partial charge on any atom is 0.336 e. The molecule has 3 aromatic rings. The van der Waals surface area contributed by atoms with E-state index >= 15 is 0 Å². The third kappa shape index (κ3) is 4.72. The van der Waals surface area contributed by atoms with Crippen LogP contribution in [0, 0.1) is 5.92 Å². The number of aromatic carboxylic acids is 1. The smallest absolute Gasteiger partial charge is 0.336 e. The van der Waals surface area contributed by atoms with E-state index in [1.807, 2.05) is 38.1 Å². The fraction of sp³-hybridized carbons (Fsp3) is 0.348. The van der Waals surface area contributed by atoms with Gasteiger partial charge in [-0.15, -0.1) is 5.10 Å². The molecule has 0 saturated heterocycles. The number of halogens is 2. The van der Waals surface area contributed by atoms with Crippen LogP contribution in [0.4, 0.5) is 8.78 Å². The summed E-state index contributed by atoms with van der Waals surface area (Å²) in [5.74, 6) is -3.75. The van der Waals surface area contributed by atoms with Gasteiger partial charge >= 0.3 is 11.9 Å². The van der Waals surface area contributed by atoms with Gasteiger partial charge in [0.15, 0.2) is 0 Å². The largest absolute Gasteiger partial charge is 0.478 e. The highest BCUT2D eigenvalue weighted by atomic mass is 19.3. The lowest BCUT2D eigenvalue weighted by Crippen LogP contribution is -2.15. The van der Waals surface area contributed by atoms with Crippen molar-refractivity contribution >= 4 is 5.97 Å². The quantitative estimate of drug-likeness (QED) is 0.537. The molecule has 158 valence electrons. The van der Waals surface area contributed by atoms with Gasteiger partial charge < -0.3 is 5.11 Å². The molecule has 5 nitrogen and oxygen atoms in total. The molecule has 0 bridgehead atoms. The van der Waals surface area contributed by atoms with Gasteiger partial charge in [0.2, 0.25) is 5.82 Å². The van der Waals surface area contributed by atoms with Gasteiger partial charge in [-0.3, -0.25) is 0 Å². The highest BCUT2D eigenvalue weighted by molar-refractivity contribution is 5.95. The summed E-state index contributed by atoms with van der Waals surface area (Å²) in [6, 6.07) is 14.2. The number of carbonyl (C=O) groups is 1. The van der Waals surface area contributed by atoms with Crippen LogP contribution in [0.25, 0.3) is 11.1 Å². The van der Waals surface area contributed by atoms with Crippen molar-refractivity contribution in [2.45, 2.75) is 46.1 Å². The monoisotopic (exact) mass is 413 g/mol. The zero-order valence-electron chi connectivity index (χ0n) is 17.3. The Balaban J connectivity index is 1.89. The fourth-order valence-corrected chi connectivity index (χ4v) is 3.22. The van der Waals surface area contributed by atoms with Crippen molar-refractivity contribution in [3.05, 3.63) is 71.3 Å². The lowest BCUT2D eigenvalue weighted by Gasteiger charge is -2.10. The number of carboxylic acids is 1. The molecule has 1 N–H and O–H groups in total. The topological polar surface area (TPSA) is 68.0 Å². The average molecular weight is 413 g/mol. The molecule has 0 fully saturated rings. The second-order valence-corrected chi connectivity index (χ2v) is 7.71. The number of hydrogen-bond donors (Lipinski definition) is 1. The van der Waals surface area contributed by atoms with Gasteiger partial charge in [0.05, 0.1) is 5.56 Å². The SMILES string of the molecule is CCC(F)(F)c1nc(Cc2ccc(-c3ccccc3C(=O)O)cc2)n(CC(C)C)n1. The van der Waals surface area contributed by atoms with Crippen molar-refractivity contribution < 1.29 is 18.7 Å². The Morgan fingerprint density at radius 2 is 1.80 bits per heavy atom. The van der Waals surface area contributed by atoms with Crippen LogP contribution in [-0.2, 0) is 18.9 Å². The van der Waals surface area contributed by atoms with Crippen molar-refractivity contribution in [1.29, 1.82) is 0 Å². The fourth-order valence-electron chi connectivity index (χ4n) is 3.22. The molecule has 0 spiro atoms. The zero-order chi connectivity index (χ0) is 21.9. The van der Waals surface area contributed by atoms with Crippen molar-refractivity contribution in [2.24, 2.45) is 5.92 Å². The predicted molar refractivity (Wildman–Crippen MR) is 111 cm³/mol. The van der Waals surface area contributed by atoms with Crippen molar-refractivity contribution in [3.8, 4) is 11.1 Å². The van der Waals surface area contributed by atoms with Crippen LogP contribution in [0.1, 0.15) is 54.8 Å². The molecule has 0 aliphatic rings. The molecule has 30 heavy (non-hydrogen) atoms. The Kier molecular flexibility index (Phi) is 6.29. The van der Waals surface area contributed by atoms with Gasteiger partial charge in [0, 0.05) is 19.4 Å². The molecule has 0 atom stereocenters. The van der Waals surface area contributed by atoms with Gasteiger partial charge in [0.1, 0.15) is 5.82 Å². The Morgan fingerprint density at radius 3 is 2.40 bits per heavy atom. The summed E-state index contributed by atoms with van der Waals surface area (Å²) in [6.45, 7) is 5.91. The first kappa shape index (κ1) is 21.6. The van der Waals surface area contributed by atoms with Crippen molar-refractivity contribution in [2.75, 3.05) is 0 Å². The van der Waals surface area contributed by atoms with E-state index in [9.17, 15) is 18.7 Å². The number of hydrogen-bond acceptors (Lipinski definition) is 3.